The van der Waals surface area contributed by atoms with Gasteiger partial charge < -0.3 is 5.32 Å². The number of nitrogens with one attached hydrogen (secondary N) is 1. The van der Waals surface area contributed by atoms with Crippen molar-refractivity contribution in [2.45, 2.75) is 64.8 Å². The summed E-state index contributed by atoms with van der Waals surface area (Å²) in [5, 5.41) is 3.67. The molecule has 4 atom stereocenters. The Hall–Kier alpha value is -0.0400. The fourth-order valence-electron chi connectivity index (χ4n) is 4.65. The zero-order chi connectivity index (χ0) is 11.2. The van der Waals surface area contributed by atoms with Crippen LogP contribution in [0.25, 0.3) is 0 Å². The maximum atomic E-state index is 3.67. The van der Waals surface area contributed by atoms with Gasteiger partial charge in [0.1, 0.15) is 0 Å². The van der Waals surface area contributed by atoms with Crippen molar-refractivity contribution in [3.05, 3.63) is 0 Å². The van der Waals surface area contributed by atoms with Crippen LogP contribution in [-0.2, 0) is 0 Å². The highest BCUT2D eigenvalue weighted by atomic mass is 14.9. The van der Waals surface area contributed by atoms with Gasteiger partial charge in [0.2, 0.25) is 0 Å². The zero-order valence-corrected chi connectivity index (χ0v) is 11.0. The minimum absolute atomic E-state index is 0.713. The van der Waals surface area contributed by atoms with Crippen LogP contribution < -0.4 is 5.32 Å². The van der Waals surface area contributed by atoms with Gasteiger partial charge in [-0.15, -0.1) is 0 Å². The molecule has 3 saturated carbocycles. The van der Waals surface area contributed by atoms with Crippen LogP contribution in [0, 0.1) is 23.2 Å². The molecule has 0 aromatic rings. The second kappa shape index (κ2) is 4.01. The minimum atomic E-state index is 0.713. The van der Waals surface area contributed by atoms with Crippen LogP contribution in [0.1, 0.15) is 58.8 Å². The molecule has 0 aromatic carbocycles. The van der Waals surface area contributed by atoms with Gasteiger partial charge in [-0.3, -0.25) is 0 Å². The molecule has 16 heavy (non-hydrogen) atoms. The molecule has 0 amide bonds. The summed E-state index contributed by atoms with van der Waals surface area (Å²) >= 11 is 0. The van der Waals surface area contributed by atoms with Crippen molar-refractivity contribution in [1.82, 2.24) is 5.32 Å². The monoisotopic (exact) mass is 221 g/mol. The number of hydrogen-bond acceptors (Lipinski definition) is 1. The molecule has 0 radical (unpaired) electrons. The molecule has 0 aromatic heterocycles. The summed E-state index contributed by atoms with van der Waals surface area (Å²) in [5.74, 6) is 3.35. The molecule has 3 rings (SSSR count). The SMILES string of the molecule is CCNC(C)C1(CC2CC3CCC2C3)CC1. The summed E-state index contributed by atoms with van der Waals surface area (Å²) in [6.07, 6.45) is 10.8. The van der Waals surface area contributed by atoms with Crippen molar-refractivity contribution in [1.29, 1.82) is 0 Å². The van der Waals surface area contributed by atoms with E-state index in [2.05, 4.69) is 19.2 Å². The molecule has 0 heterocycles. The van der Waals surface area contributed by atoms with Crippen molar-refractivity contribution in [2.75, 3.05) is 6.54 Å². The van der Waals surface area contributed by atoms with Gasteiger partial charge >= 0.3 is 0 Å². The van der Waals surface area contributed by atoms with Gasteiger partial charge in [0, 0.05) is 6.04 Å². The van der Waals surface area contributed by atoms with Gasteiger partial charge in [0.15, 0.2) is 0 Å². The van der Waals surface area contributed by atoms with Crippen LogP contribution in [0.4, 0.5) is 0 Å². The van der Waals surface area contributed by atoms with E-state index in [1.807, 2.05) is 0 Å². The number of fused-ring (bicyclic) bond motifs is 2. The highest BCUT2D eigenvalue weighted by Gasteiger charge is 2.51. The zero-order valence-electron chi connectivity index (χ0n) is 11.0. The summed E-state index contributed by atoms with van der Waals surface area (Å²) in [6, 6.07) is 0.761. The minimum Gasteiger partial charge on any atom is -0.314 e. The maximum absolute atomic E-state index is 3.67. The first-order valence-electron chi connectivity index (χ1n) is 7.47. The van der Waals surface area contributed by atoms with Crippen molar-refractivity contribution < 1.29 is 0 Å². The number of rotatable bonds is 5. The highest BCUT2D eigenvalue weighted by molar-refractivity contribution is 5.04. The van der Waals surface area contributed by atoms with E-state index in [-0.39, 0.29) is 0 Å². The quantitative estimate of drug-likeness (QED) is 0.748. The molecule has 1 nitrogen and oxygen atoms in total. The molecule has 4 unspecified atom stereocenters. The summed E-state index contributed by atoms with van der Waals surface area (Å²) in [5.41, 5.74) is 0.713. The Morgan fingerprint density at radius 1 is 1.25 bits per heavy atom. The second-order valence-corrected chi connectivity index (χ2v) is 6.78. The lowest BCUT2D eigenvalue weighted by atomic mass is 9.78. The lowest BCUT2D eigenvalue weighted by Gasteiger charge is -2.31. The highest BCUT2D eigenvalue weighted by Crippen LogP contribution is 2.59. The molecule has 92 valence electrons. The van der Waals surface area contributed by atoms with Gasteiger partial charge in [0.05, 0.1) is 0 Å². The van der Waals surface area contributed by atoms with Gasteiger partial charge in [-0.1, -0.05) is 13.3 Å². The molecule has 0 aliphatic heterocycles. The van der Waals surface area contributed by atoms with Gasteiger partial charge in [-0.05, 0) is 75.2 Å². The van der Waals surface area contributed by atoms with Crippen LogP contribution in [0.15, 0.2) is 0 Å². The first-order chi connectivity index (χ1) is 7.73. The van der Waals surface area contributed by atoms with E-state index in [1.54, 1.807) is 32.1 Å². The van der Waals surface area contributed by atoms with E-state index in [1.165, 1.54) is 12.8 Å². The predicted molar refractivity (Wildman–Crippen MR) is 68.4 cm³/mol. The Morgan fingerprint density at radius 2 is 2.06 bits per heavy atom. The Morgan fingerprint density at radius 3 is 2.56 bits per heavy atom. The van der Waals surface area contributed by atoms with E-state index in [4.69, 9.17) is 0 Å². The lowest BCUT2D eigenvalue weighted by Crippen LogP contribution is -2.36. The summed E-state index contributed by atoms with van der Waals surface area (Å²) in [4.78, 5) is 0. The van der Waals surface area contributed by atoms with Crippen LogP contribution >= 0.6 is 0 Å². The maximum Gasteiger partial charge on any atom is 0.00951 e. The first-order valence-corrected chi connectivity index (χ1v) is 7.47. The standard InChI is InChI=1S/C15H27N/c1-3-16-11(2)15(6-7-15)10-14-9-12-4-5-13(14)8-12/h11-14,16H,3-10H2,1-2H3. The van der Waals surface area contributed by atoms with E-state index in [0.717, 1.165) is 30.3 Å². The van der Waals surface area contributed by atoms with E-state index in [9.17, 15) is 0 Å². The van der Waals surface area contributed by atoms with Crippen molar-refractivity contribution >= 4 is 0 Å². The molecular formula is C15H27N. The Kier molecular flexibility index (Phi) is 2.78. The summed E-state index contributed by atoms with van der Waals surface area (Å²) in [7, 11) is 0. The fraction of sp³-hybridized carbons (Fsp3) is 1.00. The molecule has 1 N–H and O–H groups in total. The normalized spacial score (nSPS) is 41.2. The predicted octanol–water partition coefficient (Wildman–Crippen LogP) is 3.59. The van der Waals surface area contributed by atoms with Crippen molar-refractivity contribution in [3.63, 3.8) is 0 Å². The average Bonchev–Trinajstić information content (AvgIpc) is 2.76. The molecular weight excluding hydrogens is 194 g/mol. The molecule has 0 saturated heterocycles. The largest absolute Gasteiger partial charge is 0.314 e. The van der Waals surface area contributed by atoms with Gasteiger partial charge in [-0.25, -0.2) is 0 Å². The summed E-state index contributed by atoms with van der Waals surface area (Å²) in [6.45, 7) is 5.80. The average molecular weight is 221 g/mol. The molecule has 3 aliphatic rings. The van der Waals surface area contributed by atoms with Crippen LogP contribution in [0.5, 0.6) is 0 Å². The van der Waals surface area contributed by atoms with Crippen molar-refractivity contribution in [3.8, 4) is 0 Å². The molecule has 1 heteroatoms. The third-order valence-corrected chi connectivity index (χ3v) is 5.87. The second-order valence-electron chi connectivity index (χ2n) is 6.78. The third-order valence-electron chi connectivity index (χ3n) is 5.87. The Labute approximate surface area is 100 Å². The smallest absolute Gasteiger partial charge is 0.00951 e. The van der Waals surface area contributed by atoms with E-state index in [0.29, 0.717) is 5.41 Å². The van der Waals surface area contributed by atoms with Gasteiger partial charge in [-0.2, -0.15) is 0 Å². The topological polar surface area (TPSA) is 12.0 Å². The summed E-state index contributed by atoms with van der Waals surface area (Å²) < 4.78 is 0. The number of hydrogen-bond donors (Lipinski definition) is 1. The lowest BCUT2D eigenvalue weighted by molar-refractivity contribution is 0.221. The molecule has 0 spiro atoms. The van der Waals surface area contributed by atoms with E-state index >= 15 is 0 Å². The van der Waals surface area contributed by atoms with Crippen LogP contribution in [-0.4, -0.2) is 12.6 Å². The Bertz CT molecular complexity index is 256. The van der Waals surface area contributed by atoms with Gasteiger partial charge in [0.25, 0.3) is 0 Å². The van der Waals surface area contributed by atoms with Crippen LogP contribution in [0.2, 0.25) is 0 Å². The third kappa shape index (κ3) is 1.81. The fourth-order valence-corrected chi connectivity index (χ4v) is 4.65. The van der Waals surface area contributed by atoms with E-state index < -0.39 is 0 Å². The van der Waals surface area contributed by atoms with Crippen LogP contribution in [0.3, 0.4) is 0 Å². The molecule has 3 fully saturated rings. The Balaban J connectivity index is 1.58. The molecule has 3 aliphatic carbocycles. The van der Waals surface area contributed by atoms with Crippen molar-refractivity contribution in [2.24, 2.45) is 23.2 Å². The first kappa shape index (κ1) is 11.1. The molecule has 2 bridgehead atoms.